The summed E-state index contributed by atoms with van der Waals surface area (Å²) in [6.07, 6.45) is 7.90. The fourth-order valence-corrected chi connectivity index (χ4v) is 4.12. The van der Waals surface area contributed by atoms with E-state index in [1.54, 1.807) is 13.3 Å². The maximum Gasteiger partial charge on any atom is 0.152 e. The number of hydrogen-bond donors (Lipinski definition) is 0. The van der Waals surface area contributed by atoms with E-state index in [4.69, 9.17) is 4.74 Å². The molecule has 1 aromatic carbocycles. The minimum atomic E-state index is 0.419. The smallest absolute Gasteiger partial charge is 0.152 e. The van der Waals surface area contributed by atoms with Gasteiger partial charge in [-0.3, -0.25) is 4.90 Å². The highest BCUT2D eigenvalue weighted by Gasteiger charge is 2.26. The monoisotopic (exact) mass is 380 g/mol. The van der Waals surface area contributed by atoms with E-state index in [1.807, 2.05) is 17.1 Å². The molecule has 28 heavy (non-hydrogen) atoms. The second kappa shape index (κ2) is 8.14. The predicted octanol–water partition coefficient (Wildman–Crippen LogP) is 2.76. The number of likely N-dealkylation sites (tertiary alicyclic amines) is 1. The Balaban J connectivity index is 1.44. The maximum absolute atomic E-state index is 5.38. The molecule has 0 N–H and O–H groups in total. The highest BCUT2D eigenvalue weighted by atomic mass is 16.5. The number of ether oxygens (including phenoxy) is 1. The fourth-order valence-electron chi connectivity index (χ4n) is 4.12. The van der Waals surface area contributed by atoms with Crippen LogP contribution in [-0.4, -0.2) is 49.4 Å². The summed E-state index contributed by atoms with van der Waals surface area (Å²) in [5.74, 6) is 3.42. The van der Waals surface area contributed by atoms with Crippen molar-refractivity contribution in [1.29, 1.82) is 0 Å². The number of methoxy groups -OCH3 is 1. The van der Waals surface area contributed by atoms with Gasteiger partial charge < -0.3 is 13.9 Å². The molecule has 0 aliphatic carbocycles. The van der Waals surface area contributed by atoms with Crippen LogP contribution in [0, 0.1) is 6.92 Å². The Morgan fingerprint density at radius 1 is 1.21 bits per heavy atom. The van der Waals surface area contributed by atoms with E-state index in [0.717, 1.165) is 43.5 Å². The van der Waals surface area contributed by atoms with Gasteiger partial charge in [0.15, 0.2) is 5.82 Å². The zero-order valence-corrected chi connectivity index (χ0v) is 16.9. The summed E-state index contributed by atoms with van der Waals surface area (Å²) in [5, 5.41) is 8.97. The lowest BCUT2D eigenvalue weighted by molar-refractivity contribution is 0.195. The van der Waals surface area contributed by atoms with E-state index >= 15 is 0 Å². The average molecular weight is 380 g/mol. The first kappa shape index (κ1) is 18.7. The van der Waals surface area contributed by atoms with Crippen LogP contribution in [0.15, 0.2) is 36.9 Å². The Kier molecular flexibility index (Phi) is 5.43. The summed E-state index contributed by atoms with van der Waals surface area (Å²) in [7, 11) is 3.80. The zero-order valence-electron chi connectivity index (χ0n) is 16.9. The fraction of sp³-hybridized carbons (Fsp3) is 0.476. The van der Waals surface area contributed by atoms with Crippen LogP contribution < -0.4 is 4.74 Å². The minimum Gasteiger partial charge on any atom is -0.496 e. The molecular weight excluding hydrogens is 352 g/mol. The van der Waals surface area contributed by atoms with Crippen molar-refractivity contribution < 1.29 is 4.74 Å². The number of benzene rings is 1. The van der Waals surface area contributed by atoms with Crippen LogP contribution in [0.5, 0.6) is 5.75 Å². The van der Waals surface area contributed by atoms with E-state index in [2.05, 4.69) is 56.8 Å². The molecule has 1 atom stereocenters. The average Bonchev–Trinajstić information content (AvgIpc) is 3.33. The van der Waals surface area contributed by atoms with Gasteiger partial charge in [0.2, 0.25) is 0 Å². The first-order chi connectivity index (χ1) is 13.6. The van der Waals surface area contributed by atoms with Crippen molar-refractivity contribution >= 4 is 0 Å². The van der Waals surface area contributed by atoms with Crippen molar-refractivity contribution in [3.8, 4) is 5.75 Å². The van der Waals surface area contributed by atoms with Crippen LogP contribution >= 0.6 is 0 Å². The van der Waals surface area contributed by atoms with Gasteiger partial charge in [-0.25, -0.2) is 4.98 Å². The molecule has 1 aliphatic rings. The third kappa shape index (κ3) is 3.94. The van der Waals surface area contributed by atoms with Crippen molar-refractivity contribution in [2.45, 2.75) is 38.8 Å². The van der Waals surface area contributed by atoms with Crippen molar-refractivity contribution in [3.63, 3.8) is 0 Å². The Hall–Kier alpha value is -2.67. The number of aromatic nitrogens is 5. The van der Waals surface area contributed by atoms with Crippen molar-refractivity contribution in [2.75, 3.05) is 20.2 Å². The van der Waals surface area contributed by atoms with E-state index < -0.39 is 0 Å². The van der Waals surface area contributed by atoms with Gasteiger partial charge in [-0.1, -0.05) is 12.1 Å². The molecule has 1 saturated heterocycles. The molecule has 148 valence electrons. The van der Waals surface area contributed by atoms with E-state index in [-0.39, 0.29) is 0 Å². The van der Waals surface area contributed by atoms with Gasteiger partial charge in [0.05, 0.1) is 20.0 Å². The molecule has 0 saturated carbocycles. The molecule has 7 nitrogen and oxygen atoms in total. The van der Waals surface area contributed by atoms with Gasteiger partial charge in [-0.15, -0.1) is 10.2 Å². The summed E-state index contributed by atoms with van der Waals surface area (Å²) in [6, 6.07) is 6.46. The normalized spacial score (nSPS) is 17.8. The molecule has 3 heterocycles. The SMILES string of the molecule is COc1ccc(CN2CCCC(c3nnc(Cn4ccnc4)n3C)C2)cc1C. The summed E-state index contributed by atoms with van der Waals surface area (Å²) in [5.41, 5.74) is 2.52. The molecule has 1 unspecified atom stereocenters. The summed E-state index contributed by atoms with van der Waals surface area (Å²) >= 11 is 0. The Bertz CT molecular complexity index is 917. The van der Waals surface area contributed by atoms with Crippen molar-refractivity contribution in [3.05, 3.63) is 59.7 Å². The molecule has 0 radical (unpaired) electrons. The third-order valence-electron chi connectivity index (χ3n) is 5.62. The second-order valence-electron chi connectivity index (χ2n) is 7.65. The first-order valence-electron chi connectivity index (χ1n) is 9.84. The number of imidazole rings is 1. The van der Waals surface area contributed by atoms with Crippen LogP contribution in [0.25, 0.3) is 0 Å². The van der Waals surface area contributed by atoms with E-state index in [9.17, 15) is 0 Å². The van der Waals surface area contributed by atoms with Gasteiger partial charge in [-0.05, 0) is 43.5 Å². The number of aryl methyl sites for hydroxylation is 1. The molecule has 3 aromatic rings. The number of rotatable bonds is 6. The van der Waals surface area contributed by atoms with Gasteiger partial charge in [0.25, 0.3) is 0 Å². The number of nitrogens with zero attached hydrogens (tertiary/aromatic N) is 6. The topological polar surface area (TPSA) is 61.0 Å². The van der Waals surface area contributed by atoms with E-state index in [0.29, 0.717) is 12.5 Å². The molecule has 2 aromatic heterocycles. The number of hydrogen-bond acceptors (Lipinski definition) is 5. The summed E-state index contributed by atoms with van der Waals surface area (Å²) in [6.45, 7) is 5.90. The largest absolute Gasteiger partial charge is 0.496 e. The predicted molar refractivity (Wildman–Crippen MR) is 107 cm³/mol. The van der Waals surface area contributed by atoms with Crippen LogP contribution in [0.4, 0.5) is 0 Å². The van der Waals surface area contributed by atoms with Gasteiger partial charge in [0.1, 0.15) is 11.6 Å². The molecule has 0 spiro atoms. The molecule has 1 fully saturated rings. The zero-order chi connectivity index (χ0) is 19.5. The third-order valence-corrected chi connectivity index (χ3v) is 5.62. The molecule has 0 bridgehead atoms. The lowest BCUT2D eigenvalue weighted by Crippen LogP contribution is -2.34. The molecular formula is C21H28N6O. The van der Waals surface area contributed by atoms with Gasteiger partial charge in [0, 0.05) is 38.4 Å². The van der Waals surface area contributed by atoms with Crippen molar-refractivity contribution in [1.82, 2.24) is 29.2 Å². The second-order valence-corrected chi connectivity index (χ2v) is 7.65. The Morgan fingerprint density at radius 2 is 2.11 bits per heavy atom. The van der Waals surface area contributed by atoms with Gasteiger partial charge >= 0.3 is 0 Å². The standard InChI is InChI=1S/C21H28N6O/c1-16-11-17(6-7-19(16)28-3)12-26-9-4-5-18(13-26)21-24-23-20(25(21)2)14-27-10-8-22-15-27/h6-8,10-11,15,18H,4-5,9,12-14H2,1-3H3. The lowest BCUT2D eigenvalue weighted by atomic mass is 9.96. The first-order valence-corrected chi connectivity index (χ1v) is 9.84. The van der Waals surface area contributed by atoms with E-state index in [1.165, 1.54) is 17.5 Å². The Labute approximate surface area is 166 Å². The number of piperidine rings is 1. The van der Waals surface area contributed by atoms with Crippen molar-refractivity contribution in [2.24, 2.45) is 7.05 Å². The summed E-state index contributed by atoms with van der Waals surface area (Å²) in [4.78, 5) is 6.63. The Morgan fingerprint density at radius 3 is 2.86 bits per heavy atom. The lowest BCUT2D eigenvalue weighted by Gasteiger charge is -2.32. The maximum atomic E-state index is 5.38. The molecule has 7 heteroatoms. The molecule has 4 rings (SSSR count). The quantitative estimate of drug-likeness (QED) is 0.658. The van der Waals surface area contributed by atoms with Crippen LogP contribution in [0.2, 0.25) is 0 Å². The van der Waals surface area contributed by atoms with Crippen LogP contribution in [0.3, 0.4) is 0 Å². The van der Waals surface area contributed by atoms with Gasteiger partial charge in [-0.2, -0.15) is 0 Å². The van der Waals surface area contributed by atoms with Crippen LogP contribution in [0.1, 0.15) is 41.5 Å². The minimum absolute atomic E-state index is 0.419. The molecule has 1 aliphatic heterocycles. The molecule has 0 amide bonds. The highest BCUT2D eigenvalue weighted by molar-refractivity contribution is 5.36. The summed E-state index contributed by atoms with van der Waals surface area (Å²) < 4.78 is 9.56. The van der Waals surface area contributed by atoms with Crippen LogP contribution in [-0.2, 0) is 20.1 Å². The highest BCUT2D eigenvalue weighted by Crippen LogP contribution is 2.27.